The highest BCUT2D eigenvalue weighted by atomic mass is 35.5. The van der Waals surface area contributed by atoms with Crippen molar-refractivity contribution < 1.29 is 29.9 Å². The fourth-order valence-electron chi connectivity index (χ4n) is 2.22. The number of halogens is 2. The molecule has 0 spiro atoms. The number of hydrogen-bond donors (Lipinski definition) is 5. The number of rotatable bonds is 1. The molecule has 0 aliphatic heterocycles. The Kier molecular flexibility index (Phi) is 3.62. The van der Waals surface area contributed by atoms with E-state index in [1.807, 2.05) is 0 Å². The molecule has 0 unspecified atom stereocenters. The van der Waals surface area contributed by atoms with Crippen molar-refractivity contribution in [2.24, 2.45) is 0 Å². The van der Waals surface area contributed by atoms with E-state index in [-0.39, 0.29) is 11.3 Å². The summed E-state index contributed by atoms with van der Waals surface area (Å²) in [5.41, 5.74) is -1.62. The van der Waals surface area contributed by atoms with E-state index in [4.69, 9.17) is 27.6 Å². The fraction of sp³-hybridized carbons (Fsp3) is 0. The molecule has 0 atom stereocenters. The van der Waals surface area contributed by atoms with Gasteiger partial charge < -0.3 is 29.9 Å². The average Bonchev–Trinajstić information content (AvgIpc) is 2.54. The summed E-state index contributed by atoms with van der Waals surface area (Å²) in [4.78, 5) is 12.3. The largest absolute Gasteiger partial charge is 0.508 e. The van der Waals surface area contributed by atoms with Gasteiger partial charge in [-0.15, -0.1) is 0 Å². The molecule has 0 saturated carbocycles. The van der Waals surface area contributed by atoms with Gasteiger partial charge in [0, 0.05) is 6.07 Å². The minimum atomic E-state index is -1.07. The lowest BCUT2D eigenvalue weighted by Gasteiger charge is -2.11. The van der Waals surface area contributed by atoms with E-state index in [9.17, 15) is 30.3 Å². The van der Waals surface area contributed by atoms with Crippen molar-refractivity contribution in [3.8, 4) is 40.1 Å². The molecule has 0 aliphatic rings. The van der Waals surface area contributed by atoms with Crippen molar-refractivity contribution in [3.63, 3.8) is 0 Å². The van der Waals surface area contributed by atoms with Crippen LogP contribution in [-0.2, 0) is 0 Å². The molecule has 9 heteroatoms. The van der Waals surface area contributed by atoms with Crippen molar-refractivity contribution in [3.05, 3.63) is 38.5 Å². The number of hydrogen-bond acceptors (Lipinski definition) is 7. The first-order valence-electron chi connectivity index (χ1n) is 6.35. The first-order valence-corrected chi connectivity index (χ1v) is 7.10. The summed E-state index contributed by atoms with van der Waals surface area (Å²) >= 11 is 11.6. The van der Waals surface area contributed by atoms with Crippen LogP contribution in [-0.4, -0.2) is 25.5 Å². The minimum absolute atomic E-state index is 0.116. The van der Waals surface area contributed by atoms with E-state index in [1.54, 1.807) is 0 Å². The fourth-order valence-corrected chi connectivity index (χ4v) is 2.68. The molecule has 0 aliphatic carbocycles. The lowest BCUT2D eigenvalue weighted by molar-refractivity contribution is 0.433. The maximum absolute atomic E-state index is 12.3. The molecule has 24 heavy (non-hydrogen) atoms. The predicted octanol–water partition coefficient (Wildman–Crippen LogP) is 3.29. The molecule has 3 rings (SSSR count). The van der Waals surface area contributed by atoms with Gasteiger partial charge in [-0.3, -0.25) is 4.79 Å². The Balaban J connectivity index is 2.49. The summed E-state index contributed by atoms with van der Waals surface area (Å²) in [6.07, 6.45) is 0. The molecule has 0 bridgehead atoms. The van der Waals surface area contributed by atoms with Crippen LogP contribution in [0.3, 0.4) is 0 Å². The summed E-state index contributed by atoms with van der Waals surface area (Å²) in [7, 11) is 0. The van der Waals surface area contributed by atoms with Crippen LogP contribution < -0.4 is 5.43 Å². The molecule has 0 saturated heterocycles. The van der Waals surface area contributed by atoms with Crippen LogP contribution >= 0.6 is 23.2 Å². The van der Waals surface area contributed by atoms with Gasteiger partial charge >= 0.3 is 0 Å². The Hall–Kier alpha value is -2.77. The summed E-state index contributed by atoms with van der Waals surface area (Å²) in [5.74, 6) is -3.63. The van der Waals surface area contributed by atoms with Crippen molar-refractivity contribution in [1.29, 1.82) is 0 Å². The zero-order valence-corrected chi connectivity index (χ0v) is 13.1. The van der Waals surface area contributed by atoms with Crippen molar-refractivity contribution in [2.45, 2.75) is 0 Å². The molecule has 1 aromatic heterocycles. The third-order valence-electron chi connectivity index (χ3n) is 3.37. The molecule has 2 aromatic carbocycles. The second-order valence-corrected chi connectivity index (χ2v) is 5.60. The van der Waals surface area contributed by atoms with E-state index in [2.05, 4.69) is 0 Å². The highest BCUT2D eigenvalue weighted by Gasteiger charge is 2.26. The van der Waals surface area contributed by atoms with E-state index in [1.165, 1.54) is 12.1 Å². The van der Waals surface area contributed by atoms with E-state index < -0.39 is 55.2 Å². The van der Waals surface area contributed by atoms with Crippen LogP contribution in [0, 0.1) is 0 Å². The molecule has 0 fully saturated rings. The van der Waals surface area contributed by atoms with Gasteiger partial charge in [-0.05, 0) is 12.1 Å². The van der Waals surface area contributed by atoms with Crippen LogP contribution in [0.15, 0.2) is 27.4 Å². The molecular formula is C15H8Cl2O7. The number of aromatic hydroxyl groups is 5. The Morgan fingerprint density at radius 3 is 2.17 bits per heavy atom. The highest BCUT2D eigenvalue weighted by molar-refractivity contribution is 6.41. The Bertz CT molecular complexity index is 1060. The van der Waals surface area contributed by atoms with Crippen LogP contribution in [0.4, 0.5) is 0 Å². The van der Waals surface area contributed by atoms with Crippen LogP contribution in [0.25, 0.3) is 22.3 Å². The molecule has 124 valence electrons. The van der Waals surface area contributed by atoms with E-state index in [0.717, 1.165) is 6.07 Å². The number of phenols is 4. The van der Waals surface area contributed by atoms with Gasteiger partial charge in [0.25, 0.3) is 0 Å². The maximum atomic E-state index is 12.3. The molecule has 5 N–H and O–H groups in total. The monoisotopic (exact) mass is 370 g/mol. The van der Waals surface area contributed by atoms with Crippen molar-refractivity contribution >= 4 is 34.2 Å². The quantitative estimate of drug-likeness (QED) is 0.444. The van der Waals surface area contributed by atoms with Crippen molar-refractivity contribution in [1.82, 2.24) is 0 Å². The summed E-state index contributed by atoms with van der Waals surface area (Å²) in [6.45, 7) is 0. The molecule has 3 aromatic rings. The van der Waals surface area contributed by atoms with Crippen molar-refractivity contribution in [2.75, 3.05) is 0 Å². The van der Waals surface area contributed by atoms with Gasteiger partial charge in [0.1, 0.15) is 26.9 Å². The average molecular weight is 371 g/mol. The first-order chi connectivity index (χ1) is 11.2. The van der Waals surface area contributed by atoms with Gasteiger partial charge in [-0.2, -0.15) is 0 Å². The highest BCUT2D eigenvalue weighted by Crippen LogP contribution is 2.47. The standard InChI is InChI=1S/C15H8Cl2O7/c16-8-10(20)7-11(21)13(23)14(24-15(7)9(17)12(8)22)5-2-1-4(18)3-6(5)19/h1-3,18-20,22-23H. The predicted molar refractivity (Wildman–Crippen MR) is 86.3 cm³/mol. The molecule has 0 amide bonds. The SMILES string of the molecule is O=c1c(O)c(-c2ccc(O)cc2O)oc2c(Cl)c(O)c(Cl)c(O)c12. The number of fused-ring (bicyclic) bond motifs is 1. The van der Waals surface area contributed by atoms with E-state index in [0.29, 0.717) is 0 Å². The van der Waals surface area contributed by atoms with Gasteiger partial charge in [0.15, 0.2) is 22.8 Å². The lowest BCUT2D eigenvalue weighted by Crippen LogP contribution is -2.04. The van der Waals surface area contributed by atoms with Crippen LogP contribution in [0.5, 0.6) is 28.7 Å². The number of phenolic OH excluding ortho intramolecular Hbond substituents is 4. The third kappa shape index (κ3) is 2.17. The smallest absolute Gasteiger partial charge is 0.238 e. The second-order valence-electron chi connectivity index (χ2n) is 4.84. The maximum Gasteiger partial charge on any atom is 0.238 e. The second kappa shape index (κ2) is 5.40. The molecule has 0 radical (unpaired) electrons. The molecule has 7 nitrogen and oxygen atoms in total. The van der Waals surface area contributed by atoms with Crippen LogP contribution in [0.1, 0.15) is 0 Å². The van der Waals surface area contributed by atoms with Gasteiger partial charge in [-0.1, -0.05) is 23.2 Å². The summed E-state index contributed by atoms with van der Waals surface area (Å²) in [6, 6.07) is 3.35. The van der Waals surface area contributed by atoms with Gasteiger partial charge in [0.2, 0.25) is 11.2 Å². The third-order valence-corrected chi connectivity index (χ3v) is 4.08. The minimum Gasteiger partial charge on any atom is -0.508 e. The first kappa shape index (κ1) is 16.1. The molecule has 1 heterocycles. The zero-order valence-electron chi connectivity index (χ0n) is 11.5. The normalized spacial score (nSPS) is 11.1. The van der Waals surface area contributed by atoms with Gasteiger partial charge in [-0.25, -0.2) is 0 Å². The Morgan fingerprint density at radius 2 is 1.54 bits per heavy atom. The van der Waals surface area contributed by atoms with Crippen LogP contribution in [0.2, 0.25) is 10.0 Å². The Morgan fingerprint density at radius 1 is 0.875 bits per heavy atom. The number of benzene rings is 2. The van der Waals surface area contributed by atoms with Gasteiger partial charge in [0.05, 0.1) is 5.56 Å². The summed E-state index contributed by atoms with van der Waals surface area (Å²) in [5, 5.41) is 47.4. The Labute approximate surface area is 143 Å². The lowest BCUT2D eigenvalue weighted by atomic mass is 10.1. The topological polar surface area (TPSA) is 131 Å². The molecular weight excluding hydrogens is 363 g/mol. The van der Waals surface area contributed by atoms with E-state index >= 15 is 0 Å². The zero-order chi connectivity index (χ0) is 17.8. The summed E-state index contributed by atoms with van der Waals surface area (Å²) < 4.78 is 5.33.